The second-order valence-corrected chi connectivity index (χ2v) is 8.00. The number of carbonyl (C=O) groups excluding carboxylic acids is 1. The number of carbonyl (C=O) groups is 1. The molecule has 28 heavy (non-hydrogen) atoms. The Morgan fingerprint density at radius 2 is 2.04 bits per heavy atom. The molecule has 7 heteroatoms. The zero-order valence-electron chi connectivity index (χ0n) is 15.3. The maximum Gasteiger partial charge on any atom is 0.250 e. The van der Waals surface area contributed by atoms with Gasteiger partial charge in [-0.2, -0.15) is 0 Å². The van der Waals surface area contributed by atoms with Crippen LogP contribution in [0.1, 0.15) is 10.6 Å². The SMILES string of the molecule is COc1ccc(C)cc1-c1csc(NC(=O)/C=C/c2nc3ccccc3s2)n1. The second kappa shape index (κ2) is 7.92. The van der Waals surface area contributed by atoms with E-state index in [4.69, 9.17) is 4.74 Å². The first-order valence-corrected chi connectivity index (χ1v) is 10.3. The molecule has 0 aliphatic carbocycles. The third-order valence-electron chi connectivity index (χ3n) is 4.05. The highest BCUT2D eigenvalue weighted by Gasteiger charge is 2.11. The van der Waals surface area contributed by atoms with E-state index in [1.165, 1.54) is 17.4 Å². The topological polar surface area (TPSA) is 64.1 Å². The Morgan fingerprint density at radius 3 is 2.86 bits per heavy atom. The lowest BCUT2D eigenvalue weighted by Crippen LogP contribution is -2.07. The van der Waals surface area contributed by atoms with Crippen LogP contribution in [0, 0.1) is 6.92 Å². The third kappa shape index (κ3) is 3.95. The molecule has 2 heterocycles. The monoisotopic (exact) mass is 407 g/mol. The molecule has 0 fully saturated rings. The van der Waals surface area contributed by atoms with Crippen molar-refractivity contribution in [3.05, 3.63) is 64.5 Å². The van der Waals surface area contributed by atoms with Crippen molar-refractivity contribution in [3.8, 4) is 17.0 Å². The Balaban J connectivity index is 1.48. The molecular weight excluding hydrogens is 390 g/mol. The average molecular weight is 408 g/mol. The third-order valence-corrected chi connectivity index (χ3v) is 5.81. The summed E-state index contributed by atoms with van der Waals surface area (Å²) >= 11 is 2.93. The van der Waals surface area contributed by atoms with Crippen LogP contribution in [0.4, 0.5) is 5.13 Å². The molecule has 0 atom stereocenters. The van der Waals surface area contributed by atoms with Crippen molar-refractivity contribution >= 4 is 50.0 Å². The van der Waals surface area contributed by atoms with Gasteiger partial charge < -0.3 is 4.74 Å². The smallest absolute Gasteiger partial charge is 0.250 e. The summed E-state index contributed by atoms with van der Waals surface area (Å²) in [5.41, 5.74) is 3.73. The molecular formula is C21H17N3O2S2. The van der Waals surface area contributed by atoms with Gasteiger partial charge in [0, 0.05) is 17.0 Å². The van der Waals surface area contributed by atoms with Gasteiger partial charge in [-0.25, -0.2) is 9.97 Å². The minimum Gasteiger partial charge on any atom is -0.496 e. The summed E-state index contributed by atoms with van der Waals surface area (Å²) in [7, 11) is 1.63. The normalized spacial score (nSPS) is 11.2. The van der Waals surface area contributed by atoms with E-state index in [0.717, 1.165) is 37.8 Å². The van der Waals surface area contributed by atoms with Crippen molar-refractivity contribution < 1.29 is 9.53 Å². The first kappa shape index (κ1) is 18.3. The van der Waals surface area contributed by atoms with Crippen molar-refractivity contribution in [2.24, 2.45) is 0 Å². The predicted octanol–water partition coefficient (Wildman–Crippen LogP) is 5.39. The molecule has 0 unspecified atom stereocenters. The summed E-state index contributed by atoms with van der Waals surface area (Å²) in [6, 6.07) is 13.8. The summed E-state index contributed by atoms with van der Waals surface area (Å²) < 4.78 is 6.51. The van der Waals surface area contributed by atoms with Crippen LogP contribution in [-0.2, 0) is 4.79 Å². The molecule has 0 saturated heterocycles. The summed E-state index contributed by atoms with van der Waals surface area (Å²) in [5.74, 6) is 0.515. The van der Waals surface area contributed by atoms with E-state index in [2.05, 4.69) is 15.3 Å². The number of nitrogens with zero attached hydrogens (tertiary/aromatic N) is 2. The van der Waals surface area contributed by atoms with E-state index in [1.807, 2.05) is 54.8 Å². The molecule has 2 aromatic heterocycles. The summed E-state index contributed by atoms with van der Waals surface area (Å²) in [6.45, 7) is 2.02. The van der Waals surface area contributed by atoms with Gasteiger partial charge in [0.05, 0.1) is 23.0 Å². The van der Waals surface area contributed by atoms with Gasteiger partial charge in [-0.3, -0.25) is 10.1 Å². The largest absolute Gasteiger partial charge is 0.496 e. The molecule has 5 nitrogen and oxygen atoms in total. The van der Waals surface area contributed by atoms with Crippen molar-refractivity contribution in [2.75, 3.05) is 12.4 Å². The van der Waals surface area contributed by atoms with Gasteiger partial charge in [-0.1, -0.05) is 23.8 Å². The predicted molar refractivity (Wildman–Crippen MR) is 116 cm³/mol. The quantitative estimate of drug-likeness (QED) is 0.451. The van der Waals surface area contributed by atoms with Crippen molar-refractivity contribution in [1.82, 2.24) is 9.97 Å². The number of rotatable bonds is 5. The van der Waals surface area contributed by atoms with E-state index >= 15 is 0 Å². The van der Waals surface area contributed by atoms with E-state index in [1.54, 1.807) is 24.5 Å². The van der Waals surface area contributed by atoms with Gasteiger partial charge in [0.1, 0.15) is 10.8 Å². The molecule has 140 valence electrons. The Morgan fingerprint density at radius 1 is 1.18 bits per heavy atom. The lowest BCUT2D eigenvalue weighted by atomic mass is 10.1. The van der Waals surface area contributed by atoms with E-state index < -0.39 is 0 Å². The van der Waals surface area contributed by atoms with Crippen molar-refractivity contribution in [1.29, 1.82) is 0 Å². The van der Waals surface area contributed by atoms with E-state index in [0.29, 0.717) is 5.13 Å². The Bertz CT molecular complexity index is 1140. The number of aromatic nitrogens is 2. The number of thiazole rings is 2. The van der Waals surface area contributed by atoms with Gasteiger partial charge in [0.15, 0.2) is 5.13 Å². The van der Waals surface area contributed by atoms with Crippen LogP contribution in [0.5, 0.6) is 5.75 Å². The van der Waals surface area contributed by atoms with E-state index in [-0.39, 0.29) is 5.91 Å². The molecule has 1 N–H and O–H groups in total. The van der Waals surface area contributed by atoms with Crippen molar-refractivity contribution in [2.45, 2.75) is 6.92 Å². The zero-order chi connectivity index (χ0) is 19.5. The standard InChI is InChI=1S/C21H17N3O2S2/c1-13-7-8-17(26-2)14(11-13)16-12-27-21(23-16)24-19(25)9-10-20-22-15-5-3-4-6-18(15)28-20/h3-12H,1-2H3,(H,23,24,25)/b10-9+. The molecule has 0 spiro atoms. The van der Waals surface area contributed by atoms with Gasteiger partial charge in [-0.15, -0.1) is 22.7 Å². The molecule has 1 amide bonds. The molecule has 0 radical (unpaired) electrons. The van der Waals surface area contributed by atoms with Crippen LogP contribution < -0.4 is 10.1 Å². The van der Waals surface area contributed by atoms with Gasteiger partial charge >= 0.3 is 0 Å². The minimum absolute atomic E-state index is 0.239. The molecule has 2 aromatic carbocycles. The molecule has 0 aliphatic rings. The average Bonchev–Trinajstić information content (AvgIpc) is 3.32. The molecule has 0 saturated carbocycles. The Labute approximate surface area is 170 Å². The van der Waals surface area contributed by atoms with Crippen LogP contribution in [0.2, 0.25) is 0 Å². The maximum absolute atomic E-state index is 12.2. The van der Waals surface area contributed by atoms with Gasteiger partial charge in [-0.05, 0) is 37.3 Å². The highest BCUT2D eigenvalue weighted by molar-refractivity contribution is 7.19. The van der Waals surface area contributed by atoms with Gasteiger partial charge in [0.2, 0.25) is 5.91 Å². The fraction of sp³-hybridized carbons (Fsp3) is 0.0952. The molecule has 4 aromatic rings. The number of para-hydroxylation sites is 1. The number of amides is 1. The first-order valence-electron chi connectivity index (χ1n) is 8.57. The van der Waals surface area contributed by atoms with Gasteiger partial charge in [0.25, 0.3) is 0 Å². The zero-order valence-corrected chi connectivity index (χ0v) is 16.9. The number of hydrogen-bond donors (Lipinski definition) is 1. The fourth-order valence-corrected chi connectivity index (χ4v) is 4.32. The second-order valence-electron chi connectivity index (χ2n) is 6.08. The van der Waals surface area contributed by atoms with E-state index in [9.17, 15) is 4.79 Å². The number of hydrogen-bond acceptors (Lipinski definition) is 6. The van der Waals surface area contributed by atoms with Crippen LogP contribution in [0.25, 0.3) is 27.6 Å². The lowest BCUT2D eigenvalue weighted by Gasteiger charge is -2.06. The van der Waals surface area contributed by atoms with Crippen molar-refractivity contribution in [3.63, 3.8) is 0 Å². The number of ether oxygens (including phenoxy) is 1. The number of methoxy groups -OCH3 is 1. The van der Waals surface area contributed by atoms with Crippen LogP contribution in [0.15, 0.2) is 53.9 Å². The number of benzene rings is 2. The summed E-state index contributed by atoms with van der Waals surface area (Å²) in [4.78, 5) is 21.3. The van der Waals surface area contributed by atoms with Crippen LogP contribution in [-0.4, -0.2) is 23.0 Å². The number of nitrogens with one attached hydrogen (secondary N) is 1. The highest BCUT2D eigenvalue weighted by Crippen LogP contribution is 2.33. The highest BCUT2D eigenvalue weighted by atomic mass is 32.1. The Kier molecular flexibility index (Phi) is 5.18. The molecule has 0 aliphatic heterocycles. The first-order chi connectivity index (χ1) is 13.6. The van der Waals surface area contributed by atoms with Crippen LogP contribution >= 0.6 is 22.7 Å². The lowest BCUT2D eigenvalue weighted by molar-refractivity contribution is -0.111. The molecule has 0 bridgehead atoms. The number of anilines is 1. The summed E-state index contributed by atoms with van der Waals surface area (Å²) in [5, 5.41) is 6.04. The number of aryl methyl sites for hydroxylation is 1. The Hall–Kier alpha value is -3.03. The minimum atomic E-state index is -0.239. The number of fused-ring (bicyclic) bond motifs is 1. The van der Waals surface area contributed by atoms with Crippen LogP contribution in [0.3, 0.4) is 0 Å². The maximum atomic E-state index is 12.2. The molecule has 4 rings (SSSR count). The fourth-order valence-electron chi connectivity index (χ4n) is 2.73. The summed E-state index contributed by atoms with van der Waals surface area (Å²) in [6.07, 6.45) is 3.20.